The third-order valence-electron chi connectivity index (χ3n) is 3.34. The number of aliphatic hydroxyl groups excluding tert-OH is 1. The Kier molecular flexibility index (Phi) is 4.56. The molecule has 0 aliphatic heterocycles. The van der Waals surface area contributed by atoms with Gasteiger partial charge in [0.25, 0.3) is 0 Å². The quantitative estimate of drug-likeness (QED) is 0.892. The standard InChI is InChI=1S/C16H16ClFO/c1-11-8-14(18)7-6-12(11)9-13(10-19)15-4-2-3-5-16(15)17/h2-8,13,19H,9-10H2,1H3. The van der Waals surface area contributed by atoms with Gasteiger partial charge in [0.05, 0.1) is 6.61 Å². The Hall–Kier alpha value is -1.38. The van der Waals surface area contributed by atoms with Crippen LogP contribution >= 0.6 is 11.6 Å². The molecule has 1 nitrogen and oxygen atoms in total. The first-order valence-corrected chi connectivity index (χ1v) is 6.60. The maximum atomic E-state index is 13.1. The summed E-state index contributed by atoms with van der Waals surface area (Å²) in [7, 11) is 0. The van der Waals surface area contributed by atoms with Crippen LogP contribution in [0.25, 0.3) is 0 Å². The third-order valence-corrected chi connectivity index (χ3v) is 3.68. The molecule has 0 saturated heterocycles. The summed E-state index contributed by atoms with van der Waals surface area (Å²) >= 11 is 6.16. The van der Waals surface area contributed by atoms with E-state index in [-0.39, 0.29) is 18.3 Å². The molecule has 1 N–H and O–H groups in total. The fourth-order valence-electron chi connectivity index (χ4n) is 2.23. The van der Waals surface area contributed by atoms with Crippen LogP contribution in [-0.4, -0.2) is 11.7 Å². The maximum Gasteiger partial charge on any atom is 0.123 e. The molecule has 0 aliphatic rings. The molecule has 0 amide bonds. The number of aryl methyl sites for hydroxylation is 1. The lowest BCUT2D eigenvalue weighted by Gasteiger charge is -2.17. The molecule has 1 atom stereocenters. The van der Waals surface area contributed by atoms with Gasteiger partial charge in [-0.25, -0.2) is 4.39 Å². The minimum atomic E-state index is -0.237. The first-order valence-electron chi connectivity index (χ1n) is 6.22. The molecule has 0 fully saturated rings. The number of hydrogen-bond acceptors (Lipinski definition) is 1. The molecule has 2 rings (SSSR count). The van der Waals surface area contributed by atoms with Crippen molar-refractivity contribution in [1.82, 2.24) is 0 Å². The van der Waals surface area contributed by atoms with Gasteiger partial charge in [0.1, 0.15) is 5.82 Å². The summed E-state index contributed by atoms with van der Waals surface area (Å²) in [6, 6.07) is 12.2. The molecule has 0 spiro atoms. The number of aliphatic hydroxyl groups is 1. The van der Waals surface area contributed by atoms with Crippen molar-refractivity contribution in [2.45, 2.75) is 19.3 Å². The van der Waals surface area contributed by atoms with E-state index < -0.39 is 0 Å². The minimum absolute atomic E-state index is 0.0144. The second-order valence-electron chi connectivity index (χ2n) is 4.68. The van der Waals surface area contributed by atoms with E-state index in [1.807, 2.05) is 31.2 Å². The van der Waals surface area contributed by atoms with Crippen LogP contribution in [0, 0.1) is 12.7 Å². The summed E-state index contributed by atoms with van der Waals surface area (Å²) in [6.45, 7) is 1.89. The van der Waals surface area contributed by atoms with Crippen molar-refractivity contribution in [3.05, 3.63) is 70.0 Å². The van der Waals surface area contributed by atoms with Crippen molar-refractivity contribution >= 4 is 11.6 Å². The predicted molar refractivity (Wildman–Crippen MR) is 76.1 cm³/mol. The van der Waals surface area contributed by atoms with E-state index in [4.69, 9.17) is 11.6 Å². The predicted octanol–water partition coefficient (Wildman–Crippen LogP) is 4.11. The Morgan fingerprint density at radius 1 is 1.21 bits per heavy atom. The van der Waals surface area contributed by atoms with Crippen LogP contribution in [0.5, 0.6) is 0 Å². The Bertz CT molecular complexity index is 568. The highest BCUT2D eigenvalue weighted by molar-refractivity contribution is 6.31. The van der Waals surface area contributed by atoms with E-state index >= 15 is 0 Å². The van der Waals surface area contributed by atoms with E-state index in [2.05, 4.69) is 0 Å². The summed E-state index contributed by atoms with van der Waals surface area (Å²) in [5.74, 6) is -0.308. The van der Waals surface area contributed by atoms with Crippen LogP contribution in [0.2, 0.25) is 5.02 Å². The Morgan fingerprint density at radius 3 is 2.58 bits per heavy atom. The van der Waals surface area contributed by atoms with Crippen LogP contribution < -0.4 is 0 Å². The lowest BCUT2D eigenvalue weighted by atomic mass is 9.91. The Morgan fingerprint density at radius 2 is 1.95 bits per heavy atom. The van der Waals surface area contributed by atoms with Crippen molar-refractivity contribution in [2.24, 2.45) is 0 Å². The van der Waals surface area contributed by atoms with E-state index in [1.54, 1.807) is 6.07 Å². The SMILES string of the molecule is Cc1cc(F)ccc1CC(CO)c1ccccc1Cl. The largest absolute Gasteiger partial charge is 0.396 e. The molecule has 100 valence electrons. The smallest absolute Gasteiger partial charge is 0.123 e. The second-order valence-corrected chi connectivity index (χ2v) is 5.08. The van der Waals surface area contributed by atoms with Gasteiger partial charge in [-0.2, -0.15) is 0 Å². The molecule has 1 unspecified atom stereocenters. The van der Waals surface area contributed by atoms with Crippen LogP contribution in [0.15, 0.2) is 42.5 Å². The van der Waals surface area contributed by atoms with E-state index in [0.717, 1.165) is 16.7 Å². The summed E-state index contributed by atoms with van der Waals surface area (Å²) in [5, 5.41) is 10.2. The molecule has 19 heavy (non-hydrogen) atoms. The minimum Gasteiger partial charge on any atom is -0.396 e. The summed E-state index contributed by atoms with van der Waals surface area (Å²) in [4.78, 5) is 0. The number of hydrogen-bond donors (Lipinski definition) is 1. The molecule has 0 radical (unpaired) electrons. The Labute approximate surface area is 117 Å². The molecule has 0 saturated carbocycles. The summed E-state index contributed by atoms with van der Waals surface area (Å²) in [5.41, 5.74) is 2.85. The topological polar surface area (TPSA) is 20.2 Å². The highest BCUT2D eigenvalue weighted by atomic mass is 35.5. The summed E-state index contributed by atoms with van der Waals surface area (Å²) < 4.78 is 13.1. The maximum absolute atomic E-state index is 13.1. The van der Waals surface area contributed by atoms with Crippen LogP contribution in [0.1, 0.15) is 22.6 Å². The third kappa shape index (κ3) is 3.34. The second kappa shape index (κ2) is 6.18. The van der Waals surface area contributed by atoms with Gasteiger partial charge in [0.2, 0.25) is 0 Å². The van der Waals surface area contributed by atoms with Crippen LogP contribution in [0.3, 0.4) is 0 Å². The van der Waals surface area contributed by atoms with Gasteiger partial charge in [-0.3, -0.25) is 0 Å². The monoisotopic (exact) mass is 278 g/mol. The van der Waals surface area contributed by atoms with Crippen molar-refractivity contribution in [3.63, 3.8) is 0 Å². The van der Waals surface area contributed by atoms with Crippen molar-refractivity contribution < 1.29 is 9.50 Å². The molecule has 2 aromatic carbocycles. The van der Waals surface area contributed by atoms with Gasteiger partial charge >= 0.3 is 0 Å². The Balaban J connectivity index is 2.27. The lowest BCUT2D eigenvalue weighted by Crippen LogP contribution is -2.09. The molecule has 0 aromatic heterocycles. The summed E-state index contributed by atoms with van der Waals surface area (Å²) in [6.07, 6.45) is 0.645. The molecule has 3 heteroatoms. The van der Waals surface area contributed by atoms with Crippen LogP contribution in [-0.2, 0) is 6.42 Å². The highest BCUT2D eigenvalue weighted by Gasteiger charge is 2.15. The molecule has 0 heterocycles. The zero-order valence-corrected chi connectivity index (χ0v) is 11.5. The van der Waals surface area contributed by atoms with Gasteiger partial charge in [-0.1, -0.05) is 35.9 Å². The fourth-order valence-corrected chi connectivity index (χ4v) is 2.52. The highest BCUT2D eigenvalue weighted by Crippen LogP contribution is 2.28. The zero-order chi connectivity index (χ0) is 13.8. The number of benzene rings is 2. The molecular formula is C16H16ClFO. The number of rotatable bonds is 4. The van der Waals surface area contributed by atoms with Gasteiger partial charge in [0, 0.05) is 10.9 Å². The van der Waals surface area contributed by atoms with E-state index in [9.17, 15) is 9.50 Å². The molecule has 0 aliphatic carbocycles. The van der Waals surface area contributed by atoms with Gasteiger partial charge in [0.15, 0.2) is 0 Å². The molecular weight excluding hydrogens is 263 g/mol. The average Bonchev–Trinajstić information content (AvgIpc) is 2.39. The molecule has 0 bridgehead atoms. The first-order chi connectivity index (χ1) is 9.11. The number of halogens is 2. The fraction of sp³-hybridized carbons (Fsp3) is 0.250. The van der Waals surface area contributed by atoms with Gasteiger partial charge in [-0.15, -0.1) is 0 Å². The van der Waals surface area contributed by atoms with Crippen molar-refractivity contribution in [3.8, 4) is 0 Å². The molecule has 2 aromatic rings. The first kappa shape index (κ1) is 14.0. The van der Waals surface area contributed by atoms with E-state index in [0.29, 0.717) is 11.4 Å². The van der Waals surface area contributed by atoms with Crippen molar-refractivity contribution in [1.29, 1.82) is 0 Å². The van der Waals surface area contributed by atoms with Gasteiger partial charge < -0.3 is 5.11 Å². The van der Waals surface area contributed by atoms with E-state index in [1.165, 1.54) is 12.1 Å². The van der Waals surface area contributed by atoms with Crippen LogP contribution in [0.4, 0.5) is 4.39 Å². The normalized spacial score (nSPS) is 12.4. The van der Waals surface area contributed by atoms with Crippen molar-refractivity contribution in [2.75, 3.05) is 6.61 Å². The zero-order valence-electron chi connectivity index (χ0n) is 10.7. The lowest BCUT2D eigenvalue weighted by molar-refractivity contribution is 0.264. The average molecular weight is 279 g/mol. The van der Waals surface area contributed by atoms with Gasteiger partial charge in [-0.05, 0) is 48.2 Å².